The second kappa shape index (κ2) is 42.6. The van der Waals surface area contributed by atoms with E-state index in [9.17, 15) is 14.4 Å². The molecule has 0 aromatic rings. The van der Waals surface area contributed by atoms with Crippen LogP contribution in [0.25, 0.3) is 0 Å². The molecule has 6 nitrogen and oxygen atoms in total. The highest BCUT2D eigenvalue weighted by atomic mass is 16.6. The van der Waals surface area contributed by atoms with E-state index < -0.39 is 6.10 Å². The molecule has 0 amide bonds. The highest BCUT2D eigenvalue weighted by Gasteiger charge is 2.19. The first-order valence-corrected chi connectivity index (χ1v) is 23.9. The Hall–Kier alpha value is -1.59. The monoisotopic (exact) mass is 765 g/mol. The molecule has 0 saturated carbocycles. The standard InChI is InChI=1S/C48H92O6/c1-5-7-9-11-13-15-17-18-19-20-24-28-32-36-40-47(50)53-43-45(42-52-46(49)39-35-31-27-23-16-14-12-10-8-6-2)54-48(51)41-37-33-29-25-21-22-26-30-34-38-44(3)4/h44-45H,5-43H2,1-4H3/t45-/m0/s1. The lowest BCUT2D eigenvalue weighted by Crippen LogP contribution is -2.30. The predicted octanol–water partition coefficient (Wildman–Crippen LogP) is 15.1. The molecule has 320 valence electrons. The van der Waals surface area contributed by atoms with Crippen molar-refractivity contribution >= 4 is 17.9 Å². The van der Waals surface area contributed by atoms with Crippen molar-refractivity contribution in [3.63, 3.8) is 0 Å². The van der Waals surface area contributed by atoms with Gasteiger partial charge in [-0.15, -0.1) is 0 Å². The van der Waals surface area contributed by atoms with E-state index in [-0.39, 0.29) is 31.1 Å². The molecule has 0 spiro atoms. The van der Waals surface area contributed by atoms with Crippen LogP contribution in [-0.2, 0) is 28.6 Å². The summed E-state index contributed by atoms with van der Waals surface area (Å²) in [5.74, 6) is -0.0466. The van der Waals surface area contributed by atoms with Crippen LogP contribution in [0.5, 0.6) is 0 Å². The van der Waals surface area contributed by atoms with Gasteiger partial charge in [0.2, 0.25) is 0 Å². The topological polar surface area (TPSA) is 78.9 Å². The van der Waals surface area contributed by atoms with Crippen LogP contribution in [0.3, 0.4) is 0 Å². The first kappa shape index (κ1) is 52.4. The van der Waals surface area contributed by atoms with Crippen molar-refractivity contribution in [1.82, 2.24) is 0 Å². The maximum Gasteiger partial charge on any atom is 0.306 e. The average Bonchev–Trinajstić information content (AvgIpc) is 3.15. The Bertz CT molecular complexity index is 811. The summed E-state index contributed by atoms with van der Waals surface area (Å²) in [5.41, 5.74) is 0. The molecule has 0 aliphatic rings. The highest BCUT2D eigenvalue weighted by Crippen LogP contribution is 2.16. The van der Waals surface area contributed by atoms with Gasteiger partial charge in [-0.05, 0) is 25.2 Å². The van der Waals surface area contributed by atoms with E-state index in [0.29, 0.717) is 19.3 Å². The third-order valence-electron chi connectivity index (χ3n) is 10.8. The summed E-state index contributed by atoms with van der Waals surface area (Å²) in [4.78, 5) is 37.7. The molecule has 0 fully saturated rings. The first-order chi connectivity index (χ1) is 26.4. The lowest BCUT2D eigenvalue weighted by molar-refractivity contribution is -0.167. The zero-order valence-electron chi connectivity index (χ0n) is 36.7. The minimum absolute atomic E-state index is 0.0636. The van der Waals surface area contributed by atoms with Gasteiger partial charge >= 0.3 is 17.9 Å². The smallest absolute Gasteiger partial charge is 0.306 e. The van der Waals surface area contributed by atoms with Crippen molar-refractivity contribution in [2.24, 2.45) is 5.92 Å². The van der Waals surface area contributed by atoms with Gasteiger partial charge in [-0.2, -0.15) is 0 Å². The zero-order valence-corrected chi connectivity index (χ0v) is 36.7. The molecular formula is C48H92O6. The summed E-state index contributed by atoms with van der Waals surface area (Å²) >= 11 is 0. The molecule has 0 unspecified atom stereocenters. The molecule has 0 aromatic carbocycles. The third kappa shape index (κ3) is 41.6. The van der Waals surface area contributed by atoms with Crippen LogP contribution in [0.4, 0.5) is 0 Å². The minimum Gasteiger partial charge on any atom is -0.462 e. The number of carbonyl (C=O) groups excluding carboxylic acids is 3. The van der Waals surface area contributed by atoms with Gasteiger partial charge in [-0.1, -0.05) is 227 Å². The van der Waals surface area contributed by atoms with Gasteiger partial charge in [0.15, 0.2) is 6.10 Å². The molecule has 0 N–H and O–H groups in total. The number of unbranched alkanes of at least 4 members (excludes halogenated alkanes) is 30. The number of ether oxygens (including phenoxy) is 3. The molecule has 0 heterocycles. The molecule has 0 rings (SSSR count). The Kier molecular flexibility index (Phi) is 41.3. The van der Waals surface area contributed by atoms with Crippen molar-refractivity contribution in [2.45, 2.75) is 271 Å². The second-order valence-corrected chi connectivity index (χ2v) is 16.9. The number of hydrogen-bond donors (Lipinski definition) is 0. The number of rotatable bonds is 43. The van der Waals surface area contributed by atoms with Crippen LogP contribution >= 0.6 is 0 Å². The van der Waals surface area contributed by atoms with Gasteiger partial charge < -0.3 is 14.2 Å². The van der Waals surface area contributed by atoms with Crippen molar-refractivity contribution in [3.05, 3.63) is 0 Å². The van der Waals surface area contributed by atoms with Gasteiger partial charge in [0.25, 0.3) is 0 Å². The number of esters is 3. The van der Waals surface area contributed by atoms with Crippen LogP contribution in [0.2, 0.25) is 0 Å². The number of hydrogen-bond acceptors (Lipinski definition) is 6. The van der Waals surface area contributed by atoms with Gasteiger partial charge in [0.1, 0.15) is 13.2 Å². The van der Waals surface area contributed by atoms with Gasteiger partial charge in [-0.25, -0.2) is 0 Å². The maximum absolute atomic E-state index is 12.7. The van der Waals surface area contributed by atoms with Crippen LogP contribution in [0.15, 0.2) is 0 Å². The number of carbonyl (C=O) groups is 3. The molecule has 0 radical (unpaired) electrons. The Morgan fingerprint density at radius 3 is 0.907 bits per heavy atom. The lowest BCUT2D eigenvalue weighted by atomic mass is 10.0. The van der Waals surface area contributed by atoms with E-state index in [1.54, 1.807) is 0 Å². The van der Waals surface area contributed by atoms with Crippen LogP contribution in [-0.4, -0.2) is 37.2 Å². The molecule has 0 saturated heterocycles. The fraction of sp³-hybridized carbons (Fsp3) is 0.938. The molecule has 6 heteroatoms. The predicted molar refractivity (Wildman–Crippen MR) is 229 cm³/mol. The van der Waals surface area contributed by atoms with E-state index >= 15 is 0 Å². The van der Waals surface area contributed by atoms with E-state index in [4.69, 9.17) is 14.2 Å². The van der Waals surface area contributed by atoms with Crippen molar-refractivity contribution < 1.29 is 28.6 Å². The van der Waals surface area contributed by atoms with Crippen molar-refractivity contribution in [2.75, 3.05) is 13.2 Å². The SMILES string of the molecule is CCCCCCCCCCCCCCCCC(=O)OC[C@H](COC(=O)CCCCCCCCCCCC)OC(=O)CCCCCCCCCCCC(C)C. The van der Waals surface area contributed by atoms with E-state index in [0.717, 1.165) is 63.7 Å². The lowest BCUT2D eigenvalue weighted by Gasteiger charge is -2.18. The first-order valence-electron chi connectivity index (χ1n) is 23.9. The Balaban J connectivity index is 4.31. The van der Waals surface area contributed by atoms with Crippen LogP contribution in [0, 0.1) is 5.92 Å². The van der Waals surface area contributed by atoms with Crippen LogP contribution in [0.1, 0.15) is 265 Å². The molecule has 0 aromatic heterocycles. The summed E-state index contributed by atoms with van der Waals surface area (Å²) in [6.45, 7) is 8.97. The third-order valence-corrected chi connectivity index (χ3v) is 10.8. The summed E-state index contributed by atoms with van der Waals surface area (Å²) in [6, 6.07) is 0. The van der Waals surface area contributed by atoms with E-state index in [1.165, 1.54) is 161 Å². The summed E-state index contributed by atoms with van der Waals surface area (Å²) in [5, 5.41) is 0. The van der Waals surface area contributed by atoms with Crippen LogP contribution < -0.4 is 0 Å². The Labute approximate surface area is 336 Å². The van der Waals surface area contributed by atoms with Gasteiger partial charge in [-0.3, -0.25) is 14.4 Å². The summed E-state index contributed by atoms with van der Waals surface area (Å²) < 4.78 is 16.7. The Morgan fingerprint density at radius 2 is 0.611 bits per heavy atom. The molecule has 0 aliphatic carbocycles. The quantitative estimate of drug-likeness (QED) is 0.0349. The van der Waals surface area contributed by atoms with E-state index in [1.807, 2.05) is 0 Å². The zero-order chi connectivity index (χ0) is 39.6. The largest absolute Gasteiger partial charge is 0.462 e. The molecular weight excluding hydrogens is 673 g/mol. The van der Waals surface area contributed by atoms with E-state index in [2.05, 4.69) is 27.7 Å². The molecule has 54 heavy (non-hydrogen) atoms. The van der Waals surface area contributed by atoms with Crippen molar-refractivity contribution in [1.29, 1.82) is 0 Å². The molecule has 0 bridgehead atoms. The minimum atomic E-state index is -0.759. The Morgan fingerprint density at radius 1 is 0.352 bits per heavy atom. The average molecular weight is 765 g/mol. The van der Waals surface area contributed by atoms with Gasteiger partial charge in [0.05, 0.1) is 0 Å². The second-order valence-electron chi connectivity index (χ2n) is 16.9. The highest BCUT2D eigenvalue weighted by molar-refractivity contribution is 5.71. The fourth-order valence-corrected chi connectivity index (χ4v) is 7.16. The van der Waals surface area contributed by atoms with Crippen molar-refractivity contribution in [3.8, 4) is 0 Å². The van der Waals surface area contributed by atoms with Gasteiger partial charge in [0, 0.05) is 19.3 Å². The summed E-state index contributed by atoms with van der Waals surface area (Å²) in [7, 11) is 0. The molecule has 0 aliphatic heterocycles. The maximum atomic E-state index is 12.7. The molecule has 1 atom stereocenters. The summed E-state index contributed by atoms with van der Waals surface area (Å²) in [6.07, 6.45) is 42.3. The normalized spacial score (nSPS) is 11.9. The fourth-order valence-electron chi connectivity index (χ4n) is 7.16.